The lowest BCUT2D eigenvalue weighted by atomic mass is 10.1. The van der Waals surface area contributed by atoms with Crippen LogP contribution in [-0.2, 0) is 17.1 Å². The van der Waals surface area contributed by atoms with Crippen LogP contribution < -0.4 is 0 Å². The first-order valence-electron chi connectivity index (χ1n) is 5.74. The van der Waals surface area contributed by atoms with E-state index in [1.807, 2.05) is 0 Å². The molecular weight excluding hydrogens is 278 g/mol. The highest BCUT2D eigenvalue weighted by Crippen LogP contribution is 2.28. The molecule has 102 valence electrons. The van der Waals surface area contributed by atoms with Gasteiger partial charge in [0, 0.05) is 26.7 Å². The lowest BCUT2D eigenvalue weighted by Gasteiger charge is -2.15. The number of hydrogen-bond donors (Lipinski definition) is 1. The molecule has 1 aromatic rings. The van der Waals surface area contributed by atoms with Crippen LogP contribution in [0, 0.1) is 5.92 Å². The maximum Gasteiger partial charge on any atom is 0.263 e. The van der Waals surface area contributed by atoms with Gasteiger partial charge in [0.25, 0.3) is 10.0 Å². The van der Waals surface area contributed by atoms with Crippen molar-refractivity contribution in [1.29, 1.82) is 0 Å². The zero-order valence-corrected chi connectivity index (χ0v) is 11.7. The number of nitrogens with zero attached hydrogens (tertiary/aromatic N) is 3. The molecule has 1 fully saturated rings. The van der Waals surface area contributed by atoms with Crippen LogP contribution in [-0.4, -0.2) is 47.1 Å². The van der Waals surface area contributed by atoms with Crippen LogP contribution in [0.25, 0.3) is 0 Å². The number of aromatic nitrogens is 2. The Bertz CT molecular complexity index is 528. The van der Waals surface area contributed by atoms with E-state index >= 15 is 0 Å². The molecule has 2 rings (SSSR count). The Morgan fingerprint density at radius 1 is 1.61 bits per heavy atom. The molecule has 0 saturated carbocycles. The van der Waals surface area contributed by atoms with Gasteiger partial charge in [0.1, 0.15) is 5.15 Å². The first-order chi connectivity index (χ1) is 8.46. The van der Waals surface area contributed by atoms with Gasteiger partial charge in [-0.05, 0) is 18.8 Å². The van der Waals surface area contributed by atoms with Gasteiger partial charge in [0.15, 0.2) is 0 Å². The van der Waals surface area contributed by atoms with Crippen LogP contribution in [0.5, 0.6) is 0 Å². The van der Waals surface area contributed by atoms with E-state index in [-0.39, 0.29) is 22.7 Å². The molecule has 2 heterocycles. The molecule has 0 amide bonds. The number of aliphatic hydroxyl groups is 1. The number of aryl methyl sites for hydroxylation is 1. The highest BCUT2D eigenvalue weighted by molar-refractivity contribution is 7.89. The van der Waals surface area contributed by atoms with E-state index in [1.54, 1.807) is 7.05 Å². The molecule has 0 aromatic carbocycles. The van der Waals surface area contributed by atoms with E-state index in [0.29, 0.717) is 19.5 Å². The predicted molar refractivity (Wildman–Crippen MR) is 66.8 cm³/mol. The van der Waals surface area contributed by atoms with Crippen molar-refractivity contribution in [2.45, 2.75) is 17.9 Å². The minimum Gasteiger partial charge on any atom is -0.396 e. The number of sulfonamides is 1. The van der Waals surface area contributed by atoms with Crippen molar-refractivity contribution in [2.24, 2.45) is 13.0 Å². The van der Waals surface area contributed by atoms with Crippen LogP contribution >= 0.6 is 11.6 Å². The number of halogens is 1. The third-order valence-electron chi connectivity index (χ3n) is 3.20. The second-order valence-corrected chi connectivity index (χ2v) is 6.69. The van der Waals surface area contributed by atoms with E-state index in [0.717, 1.165) is 6.42 Å². The summed E-state index contributed by atoms with van der Waals surface area (Å²) in [5.41, 5.74) is 0. The summed E-state index contributed by atoms with van der Waals surface area (Å²) in [4.78, 5) is 3.85. The predicted octanol–water partition coefficient (Wildman–Crippen LogP) is 0.466. The summed E-state index contributed by atoms with van der Waals surface area (Å²) in [5, 5.41) is 8.91. The summed E-state index contributed by atoms with van der Waals surface area (Å²) in [7, 11) is -1.97. The number of aliphatic hydroxyl groups excluding tert-OH is 1. The molecule has 1 N–H and O–H groups in total. The Kier molecular flexibility index (Phi) is 3.96. The third-order valence-corrected chi connectivity index (χ3v) is 5.56. The normalized spacial score (nSPS) is 21.6. The summed E-state index contributed by atoms with van der Waals surface area (Å²) >= 11 is 5.92. The molecule has 1 aliphatic rings. The monoisotopic (exact) mass is 293 g/mol. The van der Waals surface area contributed by atoms with Crippen molar-refractivity contribution in [3.05, 3.63) is 11.5 Å². The number of imidazole rings is 1. The van der Waals surface area contributed by atoms with Gasteiger partial charge in [-0.2, -0.15) is 4.31 Å². The summed E-state index contributed by atoms with van der Waals surface area (Å²) in [5.74, 6) is 0.215. The molecular formula is C10H16ClN3O3S. The first-order valence-corrected chi connectivity index (χ1v) is 7.56. The molecule has 0 spiro atoms. The molecule has 8 heteroatoms. The van der Waals surface area contributed by atoms with Crippen molar-refractivity contribution in [2.75, 3.05) is 19.7 Å². The Morgan fingerprint density at radius 3 is 2.89 bits per heavy atom. The summed E-state index contributed by atoms with van der Waals surface area (Å²) in [6.45, 7) is 0.971. The molecule has 0 bridgehead atoms. The van der Waals surface area contributed by atoms with Gasteiger partial charge in [-0.3, -0.25) is 0 Å². The summed E-state index contributed by atoms with van der Waals surface area (Å²) in [6.07, 6.45) is 2.78. The topological polar surface area (TPSA) is 75.4 Å². The van der Waals surface area contributed by atoms with E-state index in [9.17, 15) is 8.42 Å². The maximum absolute atomic E-state index is 12.3. The highest BCUT2D eigenvalue weighted by Gasteiger charge is 2.35. The van der Waals surface area contributed by atoms with Gasteiger partial charge >= 0.3 is 0 Å². The summed E-state index contributed by atoms with van der Waals surface area (Å²) < 4.78 is 27.5. The first kappa shape index (κ1) is 13.8. The lowest BCUT2D eigenvalue weighted by molar-refractivity contribution is 0.259. The van der Waals surface area contributed by atoms with E-state index < -0.39 is 10.0 Å². The number of rotatable bonds is 4. The fraction of sp³-hybridized carbons (Fsp3) is 0.700. The highest BCUT2D eigenvalue weighted by atomic mass is 35.5. The van der Waals surface area contributed by atoms with Gasteiger partial charge in [-0.25, -0.2) is 13.4 Å². The Labute approximate surface area is 111 Å². The van der Waals surface area contributed by atoms with Crippen LogP contribution in [0.1, 0.15) is 12.8 Å². The smallest absolute Gasteiger partial charge is 0.263 e. The van der Waals surface area contributed by atoms with Crippen LogP contribution in [0.2, 0.25) is 5.15 Å². The molecule has 1 aliphatic heterocycles. The van der Waals surface area contributed by atoms with E-state index in [2.05, 4.69) is 4.98 Å². The Balaban J connectivity index is 2.20. The SMILES string of the molecule is Cn1cnc(S(=O)(=O)N2CCC(CCO)C2)c1Cl. The average Bonchev–Trinajstić information content (AvgIpc) is 2.89. The van der Waals surface area contributed by atoms with Crippen molar-refractivity contribution in [3.63, 3.8) is 0 Å². The summed E-state index contributed by atoms with van der Waals surface area (Å²) in [6, 6.07) is 0. The standard InChI is InChI=1S/C10H16ClN3O3S/c1-13-7-12-10(9(13)11)18(16,17)14-4-2-8(6-14)3-5-15/h7-8,15H,2-6H2,1H3. The van der Waals surface area contributed by atoms with Crippen molar-refractivity contribution in [1.82, 2.24) is 13.9 Å². The van der Waals surface area contributed by atoms with Crippen molar-refractivity contribution < 1.29 is 13.5 Å². The maximum atomic E-state index is 12.3. The molecule has 1 atom stereocenters. The fourth-order valence-corrected chi connectivity index (χ4v) is 4.04. The third kappa shape index (κ3) is 2.40. The van der Waals surface area contributed by atoms with Gasteiger partial charge in [0.05, 0.1) is 6.33 Å². The molecule has 0 radical (unpaired) electrons. The molecule has 6 nitrogen and oxygen atoms in total. The Hall–Kier alpha value is -0.630. The van der Waals surface area contributed by atoms with Crippen LogP contribution in [0.3, 0.4) is 0 Å². The van der Waals surface area contributed by atoms with Crippen LogP contribution in [0.4, 0.5) is 0 Å². The van der Waals surface area contributed by atoms with E-state index in [1.165, 1.54) is 15.2 Å². The average molecular weight is 294 g/mol. The molecule has 1 aromatic heterocycles. The van der Waals surface area contributed by atoms with Crippen molar-refractivity contribution >= 4 is 21.6 Å². The zero-order valence-electron chi connectivity index (χ0n) is 10.1. The molecule has 18 heavy (non-hydrogen) atoms. The number of hydrogen-bond acceptors (Lipinski definition) is 4. The van der Waals surface area contributed by atoms with Gasteiger partial charge in [0.2, 0.25) is 5.03 Å². The second kappa shape index (κ2) is 5.16. The van der Waals surface area contributed by atoms with Crippen LogP contribution in [0.15, 0.2) is 11.4 Å². The lowest BCUT2D eigenvalue weighted by Crippen LogP contribution is -2.29. The van der Waals surface area contributed by atoms with Crippen molar-refractivity contribution in [3.8, 4) is 0 Å². The molecule has 0 aliphatic carbocycles. The second-order valence-electron chi connectivity index (χ2n) is 4.48. The van der Waals surface area contributed by atoms with Gasteiger partial charge in [-0.1, -0.05) is 11.6 Å². The molecule has 1 unspecified atom stereocenters. The minimum absolute atomic E-state index is 0.0862. The molecule has 1 saturated heterocycles. The zero-order chi connectivity index (χ0) is 13.3. The van der Waals surface area contributed by atoms with Gasteiger partial charge < -0.3 is 9.67 Å². The fourth-order valence-electron chi connectivity index (χ4n) is 2.12. The quantitative estimate of drug-likeness (QED) is 0.875. The van der Waals surface area contributed by atoms with E-state index in [4.69, 9.17) is 16.7 Å². The largest absolute Gasteiger partial charge is 0.396 e. The minimum atomic E-state index is -3.61. The van der Waals surface area contributed by atoms with Gasteiger partial charge in [-0.15, -0.1) is 0 Å². The Morgan fingerprint density at radius 2 is 2.33 bits per heavy atom.